The largest absolute Gasteiger partial charge is 0.344 e. The van der Waals surface area contributed by atoms with E-state index < -0.39 is 0 Å². The van der Waals surface area contributed by atoms with E-state index in [0.29, 0.717) is 11.9 Å². The number of hydrogen-bond donors (Lipinski definition) is 0. The first-order chi connectivity index (χ1) is 9.12. The van der Waals surface area contributed by atoms with E-state index in [4.69, 9.17) is 0 Å². The van der Waals surface area contributed by atoms with Crippen LogP contribution in [0.5, 0.6) is 0 Å². The van der Waals surface area contributed by atoms with Crippen LogP contribution in [0.15, 0.2) is 30.3 Å². The summed E-state index contributed by atoms with van der Waals surface area (Å²) in [5.74, 6) is 0.345. The summed E-state index contributed by atoms with van der Waals surface area (Å²) in [6, 6.07) is 11.0. The quantitative estimate of drug-likeness (QED) is 0.760. The molecule has 2 aliphatic heterocycles. The highest BCUT2D eigenvalue weighted by Crippen LogP contribution is 2.41. The molecule has 3 heteroatoms. The summed E-state index contributed by atoms with van der Waals surface area (Å²) in [4.78, 5) is 16.5. The van der Waals surface area contributed by atoms with Crippen molar-refractivity contribution in [2.24, 2.45) is 5.41 Å². The lowest BCUT2D eigenvalue weighted by molar-refractivity contribution is -0.164. The molecule has 1 amide bonds. The average Bonchev–Trinajstić information content (AvgIpc) is 2.47. The van der Waals surface area contributed by atoms with Gasteiger partial charge < -0.3 is 4.90 Å². The molecule has 19 heavy (non-hydrogen) atoms. The molecule has 102 valence electrons. The fourth-order valence-electron chi connectivity index (χ4n) is 3.65. The highest BCUT2D eigenvalue weighted by atomic mass is 16.2. The van der Waals surface area contributed by atoms with E-state index in [0.717, 1.165) is 32.5 Å². The number of hydrogen-bond acceptors (Lipinski definition) is 2. The molecule has 1 aromatic carbocycles. The summed E-state index contributed by atoms with van der Waals surface area (Å²) in [7, 11) is 1.91. The lowest BCUT2D eigenvalue weighted by atomic mass is 9.72. The maximum Gasteiger partial charge on any atom is 0.231 e. The standard InChI is InChI=1S/C16H22N2O/c1-13(14-7-4-3-5-8-14)18-10-6-9-16(12-18)11-17(2)15(16)19/h3-5,7-8,13H,6,9-12H2,1-2H3/t13-,16-/m0/s1. The second-order valence-corrected chi connectivity index (χ2v) is 6.10. The van der Waals surface area contributed by atoms with Crippen molar-refractivity contribution in [3.05, 3.63) is 35.9 Å². The fraction of sp³-hybridized carbons (Fsp3) is 0.562. The number of carbonyl (C=O) groups is 1. The van der Waals surface area contributed by atoms with Crippen molar-refractivity contribution in [2.45, 2.75) is 25.8 Å². The molecule has 3 nitrogen and oxygen atoms in total. The van der Waals surface area contributed by atoms with Gasteiger partial charge in [0.15, 0.2) is 0 Å². The van der Waals surface area contributed by atoms with Crippen molar-refractivity contribution < 1.29 is 4.79 Å². The number of rotatable bonds is 2. The van der Waals surface area contributed by atoms with Gasteiger partial charge in [-0.2, -0.15) is 0 Å². The van der Waals surface area contributed by atoms with Gasteiger partial charge in [-0.25, -0.2) is 0 Å². The molecule has 0 radical (unpaired) electrons. The van der Waals surface area contributed by atoms with Gasteiger partial charge in [0.2, 0.25) is 5.91 Å². The van der Waals surface area contributed by atoms with E-state index in [1.165, 1.54) is 5.56 Å². The second-order valence-electron chi connectivity index (χ2n) is 6.10. The van der Waals surface area contributed by atoms with Crippen LogP contribution >= 0.6 is 0 Å². The summed E-state index contributed by atoms with van der Waals surface area (Å²) in [5.41, 5.74) is 1.27. The van der Waals surface area contributed by atoms with Gasteiger partial charge in [0.05, 0.1) is 5.41 Å². The Morgan fingerprint density at radius 1 is 1.21 bits per heavy atom. The number of piperidine rings is 1. The minimum atomic E-state index is -0.0734. The monoisotopic (exact) mass is 258 g/mol. The second kappa shape index (κ2) is 4.64. The highest BCUT2D eigenvalue weighted by Gasteiger charge is 2.52. The molecule has 0 aliphatic carbocycles. The Morgan fingerprint density at radius 3 is 2.58 bits per heavy atom. The molecule has 3 rings (SSSR count). The zero-order chi connectivity index (χ0) is 13.5. The van der Waals surface area contributed by atoms with Crippen LogP contribution in [0.25, 0.3) is 0 Å². The van der Waals surface area contributed by atoms with Crippen LogP contribution in [0, 0.1) is 5.41 Å². The summed E-state index contributed by atoms with van der Waals surface area (Å²) in [6.07, 6.45) is 2.20. The van der Waals surface area contributed by atoms with Crippen molar-refractivity contribution >= 4 is 5.91 Å². The minimum Gasteiger partial charge on any atom is -0.344 e. The fourth-order valence-corrected chi connectivity index (χ4v) is 3.65. The number of nitrogens with zero attached hydrogens (tertiary/aromatic N) is 2. The number of likely N-dealkylation sites (tertiary alicyclic amines) is 2. The van der Waals surface area contributed by atoms with Crippen molar-refractivity contribution in [1.82, 2.24) is 9.80 Å². The molecule has 0 N–H and O–H groups in total. The van der Waals surface area contributed by atoms with Crippen LogP contribution in [0.3, 0.4) is 0 Å². The van der Waals surface area contributed by atoms with Gasteiger partial charge in [0, 0.05) is 26.2 Å². The topological polar surface area (TPSA) is 23.6 Å². The van der Waals surface area contributed by atoms with Gasteiger partial charge >= 0.3 is 0 Å². The van der Waals surface area contributed by atoms with Gasteiger partial charge in [-0.15, -0.1) is 0 Å². The Morgan fingerprint density at radius 2 is 1.95 bits per heavy atom. The van der Waals surface area contributed by atoms with E-state index in [2.05, 4.69) is 42.2 Å². The van der Waals surface area contributed by atoms with Crippen molar-refractivity contribution in [3.63, 3.8) is 0 Å². The van der Waals surface area contributed by atoms with Crippen LogP contribution < -0.4 is 0 Å². The smallest absolute Gasteiger partial charge is 0.231 e. The zero-order valence-electron chi connectivity index (χ0n) is 11.8. The molecule has 2 fully saturated rings. The Kier molecular flexibility index (Phi) is 3.09. The van der Waals surface area contributed by atoms with Gasteiger partial charge in [-0.1, -0.05) is 30.3 Å². The summed E-state index contributed by atoms with van der Waals surface area (Å²) >= 11 is 0. The molecule has 2 atom stereocenters. The summed E-state index contributed by atoms with van der Waals surface area (Å²) in [6.45, 7) is 5.21. The van der Waals surface area contributed by atoms with Gasteiger partial charge in [-0.3, -0.25) is 9.69 Å². The summed E-state index contributed by atoms with van der Waals surface area (Å²) < 4.78 is 0. The molecule has 0 aromatic heterocycles. The predicted octanol–water partition coefficient (Wildman–Crippen LogP) is 2.30. The number of amides is 1. The average molecular weight is 258 g/mol. The minimum absolute atomic E-state index is 0.0734. The van der Waals surface area contributed by atoms with E-state index in [-0.39, 0.29) is 5.41 Å². The molecular weight excluding hydrogens is 236 g/mol. The third-order valence-corrected chi connectivity index (χ3v) is 4.78. The van der Waals surface area contributed by atoms with Gasteiger partial charge in [0.1, 0.15) is 0 Å². The van der Waals surface area contributed by atoms with Gasteiger partial charge in [0.25, 0.3) is 0 Å². The number of benzene rings is 1. The van der Waals surface area contributed by atoms with E-state index in [1.54, 1.807) is 0 Å². The molecule has 1 spiro atoms. The van der Waals surface area contributed by atoms with Crippen LogP contribution in [0.1, 0.15) is 31.4 Å². The molecular formula is C16H22N2O. The van der Waals surface area contributed by atoms with E-state index >= 15 is 0 Å². The van der Waals surface area contributed by atoms with E-state index in [1.807, 2.05) is 11.9 Å². The van der Waals surface area contributed by atoms with Crippen molar-refractivity contribution in [2.75, 3.05) is 26.7 Å². The molecule has 2 aliphatic rings. The van der Waals surface area contributed by atoms with Crippen LogP contribution in [-0.2, 0) is 4.79 Å². The molecule has 0 unspecified atom stereocenters. The molecule has 0 saturated carbocycles. The Hall–Kier alpha value is -1.35. The van der Waals surface area contributed by atoms with Crippen molar-refractivity contribution in [3.8, 4) is 0 Å². The molecule has 2 saturated heterocycles. The first kappa shape index (κ1) is 12.7. The molecule has 0 bridgehead atoms. The Labute approximate surface area is 115 Å². The normalized spacial score (nSPS) is 29.4. The highest BCUT2D eigenvalue weighted by molar-refractivity contribution is 5.88. The first-order valence-electron chi connectivity index (χ1n) is 7.17. The van der Waals surface area contributed by atoms with Crippen LogP contribution in [0.2, 0.25) is 0 Å². The van der Waals surface area contributed by atoms with Crippen LogP contribution in [-0.4, -0.2) is 42.4 Å². The Balaban J connectivity index is 1.74. The molecule has 2 heterocycles. The van der Waals surface area contributed by atoms with E-state index in [9.17, 15) is 4.79 Å². The van der Waals surface area contributed by atoms with Crippen molar-refractivity contribution in [1.29, 1.82) is 0 Å². The number of carbonyl (C=O) groups excluding carboxylic acids is 1. The molecule has 1 aromatic rings. The SMILES string of the molecule is C[C@@H](c1ccccc1)N1CCC[C@]2(CN(C)C2=O)C1. The lowest BCUT2D eigenvalue weighted by Gasteiger charge is -2.53. The third kappa shape index (κ3) is 2.06. The van der Waals surface area contributed by atoms with Gasteiger partial charge in [-0.05, 0) is 31.9 Å². The maximum atomic E-state index is 12.1. The lowest BCUT2D eigenvalue weighted by Crippen LogP contribution is -2.65. The Bertz CT molecular complexity index is 469. The zero-order valence-corrected chi connectivity index (χ0v) is 11.8. The predicted molar refractivity (Wildman–Crippen MR) is 75.7 cm³/mol. The maximum absolute atomic E-state index is 12.1. The number of β-lactam (4-membered cyclic amide) rings is 1. The summed E-state index contributed by atoms with van der Waals surface area (Å²) in [5, 5.41) is 0. The third-order valence-electron chi connectivity index (χ3n) is 4.78. The van der Waals surface area contributed by atoms with Crippen LogP contribution in [0.4, 0.5) is 0 Å². The first-order valence-corrected chi connectivity index (χ1v) is 7.17.